The number of halogens is 1. The fourth-order valence-electron chi connectivity index (χ4n) is 4.09. The quantitative estimate of drug-likeness (QED) is 0.386. The SMILES string of the molecule is Cc1ccncc1-c1cnc2n[nH]c(-c3cc4c(-c5ccccc5F)ccnc4[nH]3)c2c1. The number of hydrogen-bond acceptors (Lipinski definition) is 4. The smallest absolute Gasteiger partial charge is 0.181 e. The van der Waals surface area contributed by atoms with Gasteiger partial charge in [0.2, 0.25) is 0 Å². The highest BCUT2D eigenvalue weighted by atomic mass is 19.1. The van der Waals surface area contributed by atoms with Gasteiger partial charge < -0.3 is 4.98 Å². The van der Waals surface area contributed by atoms with E-state index in [1.807, 2.05) is 37.4 Å². The topological polar surface area (TPSA) is 83.1 Å². The van der Waals surface area contributed by atoms with Crippen molar-refractivity contribution in [2.45, 2.75) is 6.92 Å². The molecule has 0 radical (unpaired) electrons. The highest BCUT2D eigenvalue weighted by Crippen LogP contribution is 2.35. The lowest BCUT2D eigenvalue weighted by atomic mass is 10.0. The number of aromatic amines is 2. The number of H-pyrrole nitrogens is 2. The molecule has 0 amide bonds. The van der Waals surface area contributed by atoms with Crippen LogP contribution in [-0.4, -0.2) is 30.1 Å². The van der Waals surface area contributed by atoms with Gasteiger partial charge >= 0.3 is 0 Å². The Morgan fingerprint density at radius 1 is 0.844 bits per heavy atom. The van der Waals surface area contributed by atoms with Crippen molar-refractivity contribution in [3.63, 3.8) is 0 Å². The Balaban J connectivity index is 1.53. The van der Waals surface area contributed by atoms with Crippen molar-refractivity contribution in [2.24, 2.45) is 0 Å². The first kappa shape index (κ1) is 18.4. The van der Waals surface area contributed by atoms with E-state index in [9.17, 15) is 4.39 Å². The number of rotatable bonds is 3. The largest absolute Gasteiger partial charge is 0.338 e. The van der Waals surface area contributed by atoms with Crippen LogP contribution in [0.1, 0.15) is 5.56 Å². The molecule has 0 fully saturated rings. The van der Waals surface area contributed by atoms with Gasteiger partial charge in [0.1, 0.15) is 11.5 Å². The van der Waals surface area contributed by atoms with E-state index in [-0.39, 0.29) is 5.82 Å². The maximum Gasteiger partial charge on any atom is 0.181 e. The second-order valence-electron chi connectivity index (χ2n) is 7.67. The van der Waals surface area contributed by atoms with Gasteiger partial charge in [-0.05, 0) is 48.4 Å². The number of hydrogen-bond donors (Lipinski definition) is 2. The van der Waals surface area contributed by atoms with Crippen LogP contribution in [0.4, 0.5) is 4.39 Å². The molecule has 2 N–H and O–H groups in total. The molecule has 6 aromatic rings. The lowest BCUT2D eigenvalue weighted by molar-refractivity contribution is 0.631. The molecule has 0 saturated heterocycles. The molecule has 0 aliphatic carbocycles. The fraction of sp³-hybridized carbons (Fsp3) is 0.0400. The van der Waals surface area contributed by atoms with E-state index in [2.05, 4.69) is 36.2 Å². The van der Waals surface area contributed by atoms with Gasteiger partial charge in [0, 0.05) is 52.3 Å². The Morgan fingerprint density at radius 3 is 2.62 bits per heavy atom. The monoisotopic (exact) mass is 420 g/mol. The van der Waals surface area contributed by atoms with E-state index in [1.165, 1.54) is 6.07 Å². The summed E-state index contributed by atoms with van der Waals surface area (Å²) in [4.78, 5) is 16.6. The summed E-state index contributed by atoms with van der Waals surface area (Å²) in [6.07, 6.45) is 7.10. The number of fused-ring (bicyclic) bond motifs is 2. The number of benzene rings is 1. The van der Waals surface area contributed by atoms with Crippen LogP contribution in [0.15, 0.2) is 73.3 Å². The van der Waals surface area contributed by atoms with Gasteiger partial charge in [0.15, 0.2) is 5.65 Å². The molecular formula is C25H17FN6. The van der Waals surface area contributed by atoms with Gasteiger partial charge in [-0.2, -0.15) is 5.10 Å². The summed E-state index contributed by atoms with van der Waals surface area (Å²) >= 11 is 0. The fourth-order valence-corrected chi connectivity index (χ4v) is 4.09. The summed E-state index contributed by atoms with van der Waals surface area (Å²) in [5.41, 5.74) is 7.33. The van der Waals surface area contributed by atoms with Gasteiger partial charge in [-0.15, -0.1) is 0 Å². The van der Waals surface area contributed by atoms with Gasteiger partial charge in [-0.1, -0.05) is 18.2 Å². The van der Waals surface area contributed by atoms with Crippen LogP contribution in [0.5, 0.6) is 0 Å². The van der Waals surface area contributed by atoms with Crippen molar-refractivity contribution in [3.05, 3.63) is 84.7 Å². The second-order valence-corrected chi connectivity index (χ2v) is 7.67. The maximum atomic E-state index is 14.5. The van der Waals surface area contributed by atoms with Crippen LogP contribution >= 0.6 is 0 Å². The highest BCUT2D eigenvalue weighted by molar-refractivity contribution is 5.99. The van der Waals surface area contributed by atoms with E-state index in [0.29, 0.717) is 16.9 Å². The van der Waals surface area contributed by atoms with E-state index in [1.54, 1.807) is 30.7 Å². The zero-order valence-electron chi connectivity index (χ0n) is 17.1. The molecule has 5 aromatic heterocycles. The molecule has 0 saturated carbocycles. The van der Waals surface area contributed by atoms with Gasteiger partial charge in [-0.3, -0.25) is 10.1 Å². The summed E-state index contributed by atoms with van der Waals surface area (Å²) in [6.45, 7) is 2.05. The molecule has 0 atom stereocenters. The number of aromatic nitrogens is 6. The number of aryl methyl sites for hydroxylation is 1. The molecule has 6 rings (SSSR count). The van der Waals surface area contributed by atoms with E-state index in [0.717, 1.165) is 44.4 Å². The standard InChI is InChI=1S/C25H17FN6/c1-14-6-8-27-13-20(14)15-10-19-23(31-32-25(19)29-12-15)22-11-18-16(7-9-28-24(18)30-22)17-4-2-3-5-21(17)26/h2-13H,1H3,(H,28,30)(H,29,31,32). The Hall–Kier alpha value is -4.39. The molecule has 0 unspecified atom stereocenters. The van der Waals surface area contributed by atoms with Crippen molar-refractivity contribution >= 4 is 22.1 Å². The van der Waals surface area contributed by atoms with Gasteiger partial charge in [0.25, 0.3) is 0 Å². The van der Waals surface area contributed by atoms with E-state index >= 15 is 0 Å². The minimum Gasteiger partial charge on any atom is -0.338 e. The minimum atomic E-state index is -0.268. The molecule has 0 aliphatic heterocycles. The Labute approximate surface area is 182 Å². The molecular weight excluding hydrogens is 403 g/mol. The third-order valence-electron chi connectivity index (χ3n) is 5.72. The van der Waals surface area contributed by atoms with Crippen LogP contribution in [-0.2, 0) is 0 Å². The normalized spacial score (nSPS) is 11.4. The van der Waals surface area contributed by atoms with Crippen molar-refractivity contribution in [1.29, 1.82) is 0 Å². The highest BCUT2D eigenvalue weighted by Gasteiger charge is 2.16. The average Bonchev–Trinajstić information content (AvgIpc) is 3.43. The lowest BCUT2D eigenvalue weighted by Crippen LogP contribution is -1.87. The summed E-state index contributed by atoms with van der Waals surface area (Å²) in [5, 5.41) is 9.17. The average molecular weight is 420 g/mol. The molecule has 0 spiro atoms. The van der Waals surface area contributed by atoms with Crippen molar-refractivity contribution in [1.82, 2.24) is 30.1 Å². The summed E-state index contributed by atoms with van der Waals surface area (Å²) < 4.78 is 14.5. The van der Waals surface area contributed by atoms with Crippen LogP contribution in [0.25, 0.3) is 55.7 Å². The zero-order valence-corrected chi connectivity index (χ0v) is 17.1. The molecule has 7 heteroatoms. The van der Waals surface area contributed by atoms with Crippen LogP contribution in [0.3, 0.4) is 0 Å². The molecule has 6 nitrogen and oxygen atoms in total. The van der Waals surface area contributed by atoms with Crippen molar-refractivity contribution < 1.29 is 4.39 Å². The van der Waals surface area contributed by atoms with Crippen LogP contribution in [0, 0.1) is 12.7 Å². The number of pyridine rings is 3. The molecule has 5 heterocycles. The Morgan fingerprint density at radius 2 is 1.75 bits per heavy atom. The summed E-state index contributed by atoms with van der Waals surface area (Å²) in [6, 6.07) is 14.6. The van der Waals surface area contributed by atoms with Gasteiger partial charge in [0.05, 0.1) is 11.4 Å². The van der Waals surface area contributed by atoms with E-state index in [4.69, 9.17) is 0 Å². The third-order valence-corrected chi connectivity index (χ3v) is 5.72. The van der Waals surface area contributed by atoms with Crippen molar-refractivity contribution in [2.75, 3.05) is 0 Å². The second kappa shape index (κ2) is 7.09. The molecule has 0 aliphatic rings. The molecule has 0 bridgehead atoms. The number of nitrogens with one attached hydrogen (secondary N) is 2. The molecule has 154 valence electrons. The predicted octanol–water partition coefficient (Wildman–Crippen LogP) is 5.68. The predicted molar refractivity (Wildman–Crippen MR) is 122 cm³/mol. The lowest BCUT2D eigenvalue weighted by Gasteiger charge is -2.04. The maximum absolute atomic E-state index is 14.5. The van der Waals surface area contributed by atoms with Crippen LogP contribution < -0.4 is 0 Å². The first-order valence-electron chi connectivity index (χ1n) is 10.2. The first-order valence-corrected chi connectivity index (χ1v) is 10.2. The Bertz CT molecular complexity index is 1610. The third kappa shape index (κ3) is 2.86. The van der Waals surface area contributed by atoms with E-state index < -0.39 is 0 Å². The van der Waals surface area contributed by atoms with Crippen LogP contribution in [0.2, 0.25) is 0 Å². The Kier molecular flexibility index (Phi) is 4.07. The summed E-state index contributed by atoms with van der Waals surface area (Å²) in [5.74, 6) is -0.268. The zero-order chi connectivity index (χ0) is 21.7. The number of nitrogens with zero attached hydrogens (tertiary/aromatic N) is 4. The summed E-state index contributed by atoms with van der Waals surface area (Å²) in [7, 11) is 0. The van der Waals surface area contributed by atoms with Crippen molar-refractivity contribution in [3.8, 4) is 33.6 Å². The molecule has 1 aromatic carbocycles. The first-order chi connectivity index (χ1) is 15.7. The minimum absolute atomic E-state index is 0.268. The molecule has 32 heavy (non-hydrogen) atoms. The van der Waals surface area contributed by atoms with Gasteiger partial charge in [-0.25, -0.2) is 14.4 Å².